The van der Waals surface area contributed by atoms with E-state index in [1.807, 2.05) is 30.0 Å². The minimum absolute atomic E-state index is 0.244. The van der Waals surface area contributed by atoms with Gasteiger partial charge in [-0.1, -0.05) is 6.92 Å². The number of piperazine rings is 1. The molecule has 1 amide bonds. The minimum Gasteiger partial charge on any atom is -0.479 e. The van der Waals surface area contributed by atoms with Crippen molar-refractivity contribution in [1.82, 2.24) is 20.5 Å². The van der Waals surface area contributed by atoms with Crippen molar-refractivity contribution in [2.24, 2.45) is 15.3 Å². The third-order valence-electron chi connectivity index (χ3n) is 9.14. The molecule has 2 saturated heterocycles. The summed E-state index contributed by atoms with van der Waals surface area (Å²) in [5.74, 6) is 1.94. The van der Waals surface area contributed by atoms with Gasteiger partial charge in [0, 0.05) is 74.8 Å². The van der Waals surface area contributed by atoms with E-state index in [1.54, 1.807) is 19.2 Å². The van der Waals surface area contributed by atoms with Crippen molar-refractivity contribution in [2.45, 2.75) is 45.6 Å². The summed E-state index contributed by atoms with van der Waals surface area (Å²) >= 11 is 0. The monoisotopic (exact) mass is 647 g/mol. The Morgan fingerprint density at radius 1 is 1.15 bits per heavy atom. The Morgan fingerprint density at radius 3 is 2.67 bits per heavy atom. The number of anilines is 2. The molecule has 4 aliphatic rings. The minimum atomic E-state index is -2.36. The van der Waals surface area contributed by atoms with Crippen molar-refractivity contribution >= 4 is 50.4 Å². The second kappa shape index (κ2) is 13.9. The van der Waals surface area contributed by atoms with Crippen LogP contribution < -0.4 is 20.9 Å². The smallest absolute Gasteiger partial charge is 0.280 e. The molecule has 4 aliphatic heterocycles. The van der Waals surface area contributed by atoms with Crippen LogP contribution in [0.1, 0.15) is 54.4 Å². The molecule has 1 aromatic heterocycles. The summed E-state index contributed by atoms with van der Waals surface area (Å²) in [6, 6.07) is 9.66. The fraction of sp³-hybridized carbons (Fsp3) is 0.515. The molecule has 2 bridgehead atoms. The van der Waals surface area contributed by atoms with Crippen LogP contribution in [0.2, 0.25) is 0 Å². The number of rotatable bonds is 4. The molecule has 246 valence electrons. The first-order valence-electron chi connectivity index (χ1n) is 16.3. The summed E-state index contributed by atoms with van der Waals surface area (Å²) in [6.07, 6.45) is 4.69. The highest BCUT2D eigenvalue weighted by atomic mass is 32.2. The lowest BCUT2D eigenvalue weighted by Gasteiger charge is -2.37. The van der Waals surface area contributed by atoms with Gasteiger partial charge in [-0.3, -0.25) is 14.7 Å². The number of carbonyl (C=O) groups is 1. The zero-order valence-corrected chi connectivity index (χ0v) is 27.8. The molecule has 0 radical (unpaired) electrons. The van der Waals surface area contributed by atoms with Crippen LogP contribution in [-0.4, -0.2) is 96.1 Å². The topological polar surface area (TPSA) is 147 Å². The van der Waals surface area contributed by atoms with Gasteiger partial charge in [0.25, 0.3) is 5.91 Å². The molecular formula is C33H45N9O3S. The SMILES string of the molecule is CN/C1=C(\C=N)c2cc(cc(C)n2)C(=O)/N=C2\Nc3ccc(N=S4(=O)CCC(N5CCNCC5)CC4)cc3N2CC(C)CCCO1. The van der Waals surface area contributed by atoms with Crippen molar-refractivity contribution in [3.63, 3.8) is 0 Å². The summed E-state index contributed by atoms with van der Waals surface area (Å²) in [5.41, 5.74) is 4.33. The average molecular weight is 648 g/mol. The molecule has 46 heavy (non-hydrogen) atoms. The number of fused-ring (bicyclic) bond motifs is 5. The van der Waals surface area contributed by atoms with Crippen molar-refractivity contribution < 1.29 is 13.7 Å². The maximum Gasteiger partial charge on any atom is 0.280 e. The fourth-order valence-corrected chi connectivity index (χ4v) is 8.87. The highest BCUT2D eigenvalue weighted by Crippen LogP contribution is 2.38. The van der Waals surface area contributed by atoms with Gasteiger partial charge in [0.15, 0.2) is 5.88 Å². The lowest BCUT2D eigenvalue weighted by Crippen LogP contribution is -2.50. The van der Waals surface area contributed by atoms with Gasteiger partial charge in [0.2, 0.25) is 5.96 Å². The summed E-state index contributed by atoms with van der Waals surface area (Å²) < 4.78 is 24.8. The molecule has 6 rings (SSSR count). The molecule has 5 heterocycles. The summed E-state index contributed by atoms with van der Waals surface area (Å²) in [4.78, 5) is 27.4. The Morgan fingerprint density at radius 2 is 1.93 bits per heavy atom. The Hall–Kier alpha value is -3.81. The van der Waals surface area contributed by atoms with Gasteiger partial charge in [-0.25, -0.2) is 4.21 Å². The van der Waals surface area contributed by atoms with E-state index in [1.165, 1.54) is 6.21 Å². The number of aliphatic imine (C=N–C) groups is 1. The second-order valence-corrected chi connectivity index (χ2v) is 15.1. The maximum absolute atomic E-state index is 13.9. The molecule has 2 fully saturated rings. The molecule has 2 aromatic rings. The van der Waals surface area contributed by atoms with Crippen molar-refractivity contribution in [3.05, 3.63) is 53.2 Å². The maximum atomic E-state index is 13.9. The van der Waals surface area contributed by atoms with Crippen LogP contribution in [0, 0.1) is 18.3 Å². The Balaban J connectivity index is 1.30. The largest absolute Gasteiger partial charge is 0.479 e. The molecule has 0 aliphatic carbocycles. The molecule has 0 spiro atoms. The molecule has 1 unspecified atom stereocenters. The zero-order valence-electron chi connectivity index (χ0n) is 27.0. The third kappa shape index (κ3) is 7.11. The summed E-state index contributed by atoms with van der Waals surface area (Å²) in [5, 5.41) is 17.9. The number of carbonyl (C=O) groups excluding carboxylic acids is 1. The summed E-state index contributed by atoms with van der Waals surface area (Å²) in [7, 11) is -0.611. The van der Waals surface area contributed by atoms with E-state index in [0.29, 0.717) is 70.8 Å². The number of benzene rings is 1. The highest BCUT2D eigenvalue weighted by Gasteiger charge is 2.30. The zero-order chi connectivity index (χ0) is 32.3. The van der Waals surface area contributed by atoms with E-state index < -0.39 is 15.6 Å². The van der Waals surface area contributed by atoms with Gasteiger partial charge in [-0.2, -0.15) is 9.36 Å². The number of pyridine rings is 1. The molecular weight excluding hydrogens is 602 g/mol. The molecule has 12 nitrogen and oxygen atoms in total. The van der Waals surface area contributed by atoms with Gasteiger partial charge < -0.3 is 31.0 Å². The predicted molar refractivity (Wildman–Crippen MR) is 185 cm³/mol. The van der Waals surface area contributed by atoms with Crippen molar-refractivity contribution in [1.29, 1.82) is 5.41 Å². The fourth-order valence-electron chi connectivity index (χ4n) is 6.70. The quantitative estimate of drug-likeness (QED) is 0.362. The highest BCUT2D eigenvalue weighted by molar-refractivity contribution is 7.93. The molecule has 1 atom stereocenters. The average Bonchev–Trinajstić information content (AvgIpc) is 3.37. The van der Waals surface area contributed by atoms with Crippen LogP contribution in [0.25, 0.3) is 5.57 Å². The van der Waals surface area contributed by atoms with E-state index in [9.17, 15) is 9.00 Å². The van der Waals surface area contributed by atoms with E-state index in [4.69, 9.17) is 14.5 Å². The van der Waals surface area contributed by atoms with Crippen molar-refractivity contribution in [2.75, 3.05) is 68.1 Å². The molecule has 13 heteroatoms. The van der Waals surface area contributed by atoms with E-state index in [0.717, 1.165) is 63.2 Å². The number of guanidine groups is 1. The number of aromatic nitrogens is 1. The van der Waals surface area contributed by atoms with Crippen LogP contribution in [0.5, 0.6) is 0 Å². The Bertz CT molecular complexity index is 1660. The van der Waals surface area contributed by atoms with Crippen LogP contribution >= 0.6 is 0 Å². The van der Waals surface area contributed by atoms with Crippen LogP contribution in [-0.2, 0) is 14.5 Å². The van der Waals surface area contributed by atoms with Gasteiger partial charge in [-0.15, -0.1) is 0 Å². The van der Waals surface area contributed by atoms with E-state index >= 15 is 0 Å². The standard InChI is InChI=1S/C33H45N9O3S/c1-22-5-4-14-45-32(35-3)27(20-34)29-18-24(17-23(2)37-29)31(43)39-33-38-28-7-6-25(19-30(28)42(33)21-22)40-46(44)15-8-26(9-16-46)41-12-10-36-11-13-41/h6-7,17-20,22,26,34-36H,4-5,8-16,21H2,1-3H3,(H,38,39,43)/b32-27-,34-20?. The first-order chi connectivity index (χ1) is 22.2. The molecule has 0 saturated carbocycles. The molecule has 4 N–H and O–H groups in total. The predicted octanol–water partition coefficient (Wildman–Crippen LogP) is 3.97. The number of allylic oxidation sites excluding steroid dienone is 1. The summed E-state index contributed by atoms with van der Waals surface area (Å²) in [6.45, 7) is 9.21. The van der Waals surface area contributed by atoms with E-state index in [2.05, 4.69) is 37.8 Å². The lowest BCUT2D eigenvalue weighted by atomic mass is 10.1. The van der Waals surface area contributed by atoms with Crippen LogP contribution in [0.15, 0.2) is 45.6 Å². The lowest BCUT2D eigenvalue weighted by molar-refractivity contribution is 0.100. The van der Waals surface area contributed by atoms with Crippen molar-refractivity contribution in [3.8, 4) is 0 Å². The molecule has 1 aromatic carbocycles. The number of nitrogens with one attached hydrogen (secondary N) is 4. The second-order valence-electron chi connectivity index (χ2n) is 12.6. The first kappa shape index (κ1) is 32.1. The van der Waals surface area contributed by atoms with Crippen LogP contribution in [0.4, 0.5) is 17.1 Å². The Kier molecular flexibility index (Phi) is 9.71. The number of hydrogen-bond donors (Lipinski definition) is 4. The van der Waals surface area contributed by atoms with Gasteiger partial charge >= 0.3 is 0 Å². The number of ether oxygens (including phenoxy) is 1. The third-order valence-corrected chi connectivity index (χ3v) is 11.4. The Labute approximate surface area is 271 Å². The number of nitrogens with zero attached hydrogens (tertiary/aromatic N) is 5. The normalized spacial score (nSPS) is 28.7. The van der Waals surface area contributed by atoms with Crippen LogP contribution in [0.3, 0.4) is 0 Å². The number of hydrogen-bond acceptors (Lipinski definition) is 11. The first-order valence-corrected chi connectivity index (χ1v) is 18.1. The van der Waals surface area contributed by atoms with Gasteiger partial charge in [0.05, 0.1) is 44.7 Å². The van der Waals surface area contributed by atoms with Gasteiger partial charge in [0.1, 0.15) is 0 Å². The van der Waals surface area contributed by atoms with Gasteiger partial charge in [-0.05, 0) is 68.9 Å². The van der Waals surface area contributed by atoms with E-state index in [-0.39, 0.29) is 5.92 Å². The number of amides is 1. The number of aryl methyl sites for hydroxylation is 1.